The van der Waals surface area contributed by atoms with Gasteiger partial charge >= 0.3 is 0 Å². The van der Waals surface area contributed by atoms with Crippen molar-refractivity contribution in [2.75, 3.05) is 0 Å². The molecular weight excluding hydrogens is 276 g/mol. The Balaban J connectivity index is 1.63. The summed E-state index contributed by atoms with van der Waals surface area (Å²) in [5.41, 5.74) is 2.56. The lowest BCUT2D eigenvalue weighted by atomic mass is 9.89. The monoisotopic (exact) mass is 302 g/mol. The molecule has 2 aromatic rings. The van der Waals surface area contributed by atoms with E-state index in [9.17, 15) is 0 Å². The molecule has 2 N–H and O–H groups in total. The summed E-state index contributed by atoms with van der Waals surface area (Å²) < 4.78 is 2.07. The fraction of sp³-hybridized carbons (Fsp3) is 0.688. The molecule has 1 aliphatic heterocycles. The first-order valence-electron chi connectivity index (χ1n) is 8.16. The third kappa shape index (κ3) is 3.06. The number of rotatable bonds is 4. The number of nitrogens with one attached hydrogen (secondary N) is 2. The van der Waals surface area contributed by atoms with E-state index in [0.717, 1.165) is 44.0 Å². The molecule has 0 spiro atoms. The molecule has 3 rings (SSSR count). The average molecular weight is 302 g/mol. The Hall–Kier alpha value is -1.69. The van der Waals surface area contributed by atoms with Crippen LogP contribution >= 0.6 is 0 Å². The summed E-state index contributed by atoms with van der Waals surface area (Å²) in [5, 5.41) is 15.6. The maximum absolute atomic E-state index is 4.57. The summed E-state index contributed by atoms with van der Waals surface area (Å²) in [4.78, 5) is 4.57. The molecule has 0 saturated heterocycles. The van der Waals surface area contributed by atoms with Gasteiger partial charge in [-0.1, -0.05) is 27.7 Å². The van der Waals surface area contributed by atoms with Crippen LogP contribution in [0, 0.1) is 0 Å². The van der Waals surface area contributed by atoms with Crippen molar-refractivity contribution in [2.24, 2.45) is 0 Å². The Morgan fingerprint density at radius 2 is 2.23 bits per heavy atom. The number of hydrogen-bond donors (Lipinski definition) is 2. The van der Waals surface area contributed by atoms with Gasteiger partial charge in [0.1, 0.15) is 5.82 Å². The zero-order chi connectivity index (χ0) is 15.7. The SMILES string of the molecule is CCc1nc2n(n1)C[C@@H](NCc1cn[nH]c1C(C)(C)C)CC2. The Morgan fingerprint density at radius 3 is 2.95 bits per heavy atom. The molecule has 6 heteroatoms. The maximum Gasteiger partial charge on any atom is 0.150 e. The standard InChI is InChI=1S/C16H26N6/c1-5-13-19-14-7-6-12(10-22(14)21-13)17-8-11-9-18-20-15(11)16(2,3)4/h9,12,17H,5-8,10H2,1-4H3,(H,18,20)/t12-/m0/s1. The van der Waals surface area contributed by atoms with E-state index in [1.165, 1.54) is 11.3 Å². The van der Waals surface area contributed by atoms with Gasteiger partial charge in [-0.25, -0.2) is 9.67 Å². The van der Waals surface area contributed by atoms with Gasteiger partial charge in [0.2, 0.25) is 0 Å². The van der Waals surface area contributed by atoms with Crippen molar-refractivity contribution in [3.8, 4) is 0 Å². The van der Waals surface area contributed by atoms with E-state index in [-0.39, 0.29) is 5.41 Å². The first-order valence-corrected chi connectivity index (χ1v) is 8.16. The van der Waals surface area contributed by atoms with Crippen molar-refractivity contribution >= 4 is 0 Å². The molecule has 6 nitrogen and oxygen atoms in total. The number of fused-ring (bicyclic) bond motifs is 1. The van der Waals surface area contributed by atoms with Crippen LogP contribution in [-0.4, -0.2) is 31.0 Å². The minimum absolute atomic E-state index is 0.0924. The van der Waals surface area contributed by atoms with Crippen LogP contribution in [0.2, 0.25) is 0 Å². The predicted octanol–water partition coefficient (Wildman–Crippen LogP) is 1.97. The zero-order valence-electron chi connectivity index (χ0n) is 14.0. The number of aromatic nitrogens is 5. The minimum Gasteiger partial charge on any atom is -0.308 e. The smallest absolute Gasteiger partial charge is 0.150 e. The highest BCUT2D eigenvalue weighted by Gasteiger charge is 2.23. The molecule has 0 aliphatic carbocycles. The van der Waals surface area contributed by atoms with Gasteiger partial charge in [0.25, 0.3) is 0 Å². The Morgan fingerprint density at radius 1 is 1.41 bits per heavy atom. The Kier molecular flexibility index (Phi) is 4.04. The van der Waals surface area contributed by atoms with Crippen LogP contribution in [-0.2, 0) is 31.3 Å². The number of hydrogen-bond acceptors (Lipinski definition) is 4. The fourth-order valence-electron chi connectivity index (χ4n) is 3.03. The second-order valence-corrected chi connectivity index (χ2v) is 7.12. The number of nitrogens with zero attached hydrogens (tertiary/aromatic N) is 4. The van der Waals surface area contributed by atoms with Crippen molar-refractivity contribution < 1.29 is 0 Å². The van der Waals surface area contributed by atoms with Crippen molar-refractivity contribution in [3.63, 3.8) is 0 Å². The molecular formula is C16H26N6. The number of H-pyrrole nitrogens is 1. The van der Waals surface area contributed by atoms with Gasteiger partial charge in [0.15, 0.2) is 5.82 Å². The van der Waals surface area contributed by atoms with Crippen LogP contribution in [0.15, 0.2) is 6.20 Å². The first-order chi connectivity index (χ1) is 10.5. The van der Waals surface area contributed by atoms with E-state index in [1.54, 1.807) is 0 Å². The molecule has 0 aromatic carbocycles. The largest absolute Gasteiger partial charge is 0.308 e. The molecule has 120 valence electrons. The van der Waals surface area contributed by atoms with Crippen molar-refractivity contribution in [1.29, 1.82) is 0 Å². The summed E-state index contributed by atoms with van der Waals surface area (Å²) in [6, 6.07) is 0.446. The second-order valence-electron chi connectivity index (χ2n) is 7.12. The molecule has 2 aromatic heterocycles. The van der Waals surface area contributed by atoms with Crippen LogP contribution in [0.4, 0.5) is 0 Å². The van der Waals surface area contributed by atoms with E-state index >= 15 is 0 Å². The van der Waals surface area contributed by atoms with Gasteiger partial charge < -0.3 is 5.32 Å². The third-order valence-electron chi connectivity index (χ3n) is 4.27. The molecule has 0 unspecified atom stereocenters. The van der Waals surface area contributed by atoms with Crippen LogP contribution in [0.1, 0.15) is 57.0 Å². The van der Waals surface area contributed by atoms with Crippen LogP contribution in [0.5, 0.6) is 0 Å². The molecule has 22 heavy (non-hydrogen) atoms. The number of aromatic amines is 1. The van der Waals surface area contributed by atoms with Gasteiger partial charge in [-0.05, 0) is 6.42 Å². The molecule has 1 aliphatic rings. The van der Waals surface area contributed by atoms with E-state index in [4.69, 9.17) is 0 Å². The Labute approximate surface area is 131 Å². The summed E-state index contributed by atoms with van der Waals surface area (Å²) in [6.45, 7) is 10.5. The summed E-state index contributed by atoms with van der Waals surface area (Å²) in [7, 11) is 0. The Bertz CT molecular complexity index is 633. The lowest BCUT2D eigenvalue weighted by Gasteiger charge is -2.24. The molecule has 1 atom stereocenters. The van der Waals surface area contributed by atoms with Gasteiger partial charge in [0, 0.05) is 42.1 Å². The van der Waals surface area contributed by atoms with Crippen LogP contribution in [0.25, 0.3) is 0 Å². The van der Waals surface area contributed by atoms with Gasteiger partial charge in [-0.15, -0.1) is 0 Å². The van der Waals surface area contributed by atoms with Gasteiger partial charge in [0.05, 0.1) is 12.7 Å². The van der Waals surface area contributed by atoms with Crippen molar-refractivity contribution in [2.45, 2.75) is 71.5 Å². The topological polar surface area (TPSA) is 71.4 Å². The van der Waals surface area contributed by atoms with E-state index < -0.39 is 0 Å². The highest BCUT2D eigenvalue weighted by atomic mass is 15.4. The highest BCUT2D eigenvalue weighted by molar-refractivity contribution is 5.23. The van der Waals surface area contributed by atoms with Crippen LogP contribution in [0.3, 0.4) is 0 Å². The fourth-order valence-corrected chi connectivity index (χ4v) is 3.03. The molecule has 0 amide bonds. The van der Waals surface area contributed by atoms with Crippen molar-refractivity contribution in [3.05, 3.63) is 29.1 Å². The van der Waals surface area contributed by atoms with Crippen LogP contribution < -0.4 is 5.32 Å². The normalized spacial score (nSPS) is 18.5. The van der Waals surface area contributed by atoms with E-state index in [1.807, 2.05) is 6.20 Å². The maximum atomic E-state index is 4.57. The second kappa shape index (κ2) is 5.83. The molecule has 0 bridgehead atoms. The van der Waals surface area contributed by atoms with E-state index in [0.29, 0.717) is 6.04 Å². The summed E-state index contributed by atoms with van der Waals surface area (Å²) >= 11 is 0. The summed E-state index contributed by atoms with van der Waals surface area (Å²) in [5.74, 6) is 2.09. The first kappa shape index (κ1) is 15.2. The molecule has 0 radical (unpaired) electrons. The minimum atomic E-state index is 0.0924. The third-order valence-corrected chi connectivity index (χ3v) is 4.27. The van der Waals surface area contributed by atoms with Crippen molar-refractivity contribution in [1.82, 2.24) is 30.3 Å². The molecule has 0 fully saturated rings. The quantitative estimate of drug-likeness (QED) is 0.906. The molecule has 3 heterocycles. The highest BCUT2D eigenvalue weighted by Crippen LogP contribution is 2.23. The van der Waals surface area contributed by atoms with E-state index in [2.05, 4.69) is 58.0 Å². The lowest BCUT2D eigenvalue weighted by molar-refractivity contribution is 0.356. The number of aryl methyl sites for hydroxylation is 2. The predicted molar refractivity (Wildman–Crippen MR) is 85.6 cm³/mol. The average Bonchev–Trinajstić information content (AvgIpc) is 3.10. The zero-order valence-corrected chi connectivity index (χ0v) is 14.0. The lowest BCUT2D eigenvalue weighted by Crippen LogP contribution is -2.37. The van der Waals surface area contributed by atoms with Gasteiger partial charge in [-0.3, -0.25) is 5.10 Å². The summed E-state index contributed by atoms with van der Waals surface area (Å²) in [6.07, 6.45) is 4.96. The molecule has 0 saturated carbocycles. The van der Waals surface area contributed by atoms with Gasteiger partial charge in [-0.2, -0.15) is 10.2 Å².